The Labute approximate surface area is 46.1 Å². The molecule has 0 aliphatic heterocycles. The maximum Gasteiger partial charge on any atom is 0.0974 e. The highest BCUT2D eigenvalue weighted by Gasteiger charge is 1.80. The lowest BCUT2D eigenvalue weighted by Gasteiger charge is -1.93. The van der Waals surface area contributed by atoms with E-state index in [9.17, 15) is 0 Å². The maximum absolute atomic E-state index is 3.67. The highest BCUT2D eigenvalue weighted by molar-refractivity contribution is 4.48. The Bertz CT molecular complexity index is 23.4. The average molecular weight is 99.2 g/mol. The second-order valence-corrected chi connectivity index (χ2v) is 1.46. The van der Waals surface area contributed by atoms with Crippen LogP contribution in [0.25, 0.3) is 0 Å². The fraction of sp³-hybridized carbons (Fsp3) is 0.667. The molecule has 0 aliphatic rings. The van der Waals surface area contributed by atoms with Gasteiger partial charge >= 0.3 is 0 Å². The van der Waals surface area contributed by atoms with Crippen LogP contribution in [0.3, 0.4) is 0 Å². The zero-order valence-corrected chi connectivity index (χ0v) is 4.74. The molecule has 0 saturated heterocycles. The van der Waals surface area contributed by atoms with Crippen molar-refractivity contribution in [1.29, 1.82) is 0 Å². The monoisotopic (exact) mass is 99.1 g/mol. The molecule has 0 atom stereocenters. The Morgan fingerprint density at radius 3 is 2.57 bits per heavy atom. The van der Waals surface area contributed by atoms with Gasteiger partial charge in [-0.25, -0.2) is 0 Å². The summed E-state index contributed by atoms with van der Waals surface area (Å²) in [6.07, 6.45) is 1.94. The quantitative estimate of drug-likeness (QED) is 0.410. The molecule has 0 rings (SSSR count). The summed E-state index contributed by atoms with van der Waals surface area (Å²) in [5, 5.41) is 3.16. The second-order valence-electron chi connectivity index (χ2n) is 1.46. The molecule has 1 N–H and O–H groups in total. The van der Waals surface area contributed by atoms with E-state index in [4.69, 9.17) is 0 Å². The fourth-order valence-electron chi connectivity index (χ4n) is 0.375. The summed E-state index contributed by atoms with van der Waals surface area (Å²) in [6, 6.07) is 0. The summed E-state index contributed by atoms with van der Waals surface area (Å²) in [6.45, 7) is 9.40. The highest BCUT2D eigenvalue weighted by atomic mass is 14.8. The fourth-order valence-corrected chi connectivity index (χ4v) is 0.375. The Balaban J connectivity index is 2.45. The molecular formula is C6H13N+. The minimum Gasteiger partial charge on any atom is -0.313 e. The van der Waals surface area contributed by atoms with Gasteiger partial charge in [0, 0.05) is 6.54 Å². The first kappa shape index (κ1) is 6.83. The van der Waals surface area contributed by atoms with Crippen LogP contribution in [-0.4, -0.2) is 13.1 Å². The number of nitrogens with one attached hydrogen (secondary N) is 1. The molecule has 41 valence electrons. The minimum absolute atomic E-state index is 0.972. The van der Waals surface area contributed by atoms with Crippen molar-refractivity contribution in [2.24, 2.45) is 0 Å². The molecule has 0 bridgehead atoms. The summed E-state index contributed by atoms with van der Waals surface area (Å²) in [5.41, 5.74) is 0. The molecule has 1 nitrogen and oxygen atoms in total. The molecule has 0 saturated carbocycles. The van der Waals surface area contributed by atoms with Crippen LogP contribution in [0.1, 0.15) is 12.8 Å². The van der Waals surface area contributed by atoms with Crippen molar-refractivity contribution in [3.8, 4) is 0 Å². The predicted octanol–water partition coefficient (Wildman–Crippen LogP) is 1.02. The molecule has 0 aromatic heterocycles. The molecule has 0 fully saturated rings. The van der Waals surface area contributed by atoms with Gasteiger partial charge in [-0.1, -0.05) is 6.92 Å². The topological polar surface area (TPSA) is 12.0 Å². The lowest BCUT2D eigenvalue weighted by atomic mass is 10.4. The smallest absolute Gasteiger partial charge is 0.0974 e. The summed E-state index contributed by atoms with van der Waals surface area (Å²) in [4.78, 5) is 0. The van der Waals surface area contributed by atoms with Gasteiger partial charge in [-0.05, 0) is 13.0 Å². The Morgan fingerprint density at radius 1 is 1.43 bits per heavy atom. The summed E-state index contributed by atoms with van der Waals surface area (Å²) < 4.78 is 0. The van der Waals surface area contributed by atoms with Crippen LogP contribution in [0.2, 0.25) is 0 Å². The van der Waals surface area contributed by atoms with Gasteiger partial charge in [0.05, 0.1) is 13.3 Å². The molecule has 0 heterocycles. The van der Waals surface area contributed by atoms with Crippen molar-refractivity contribution in [3.05, 3.63) is 13.8 Å². The van der Waals surface area contributed by atoms with Crippen molar-refractivity contribution in [2.75, 3.05) is 13.1 Å². The number of hydrogen-bond donors (Lipinski definition) is 1. The number of hydrogen-bond acceptors (Lipinski definition) is 1. The lowest BCUT2D eigenvalue weighted by molar-refractivity contribution is 0.695. The second kappa shape index (κ2) is 5.83. The summed E-state index contributed by atoms with van der Waals surface area (Å²) in [5.74, 6) is 0. The molecule has 0 amide bonds. The lowest BCUT2D eigenvalue weighted by Crippen LogP contribution is -2.14. The molecule has 1 heteroatoms. The van der Waals surface area contributed by atoms with E-state index in [0.717, 1.165) is 25.9 Å². The van der Waals surface area contributed by atoms with Gasteiger partial charge in [0.2, 0.25) is 0 Å². The van der Waals surface area contributed by atoms with Crippen molar-refractivity contribution in [1.82, 2.24) is 5.32 Å². The average Bonchev–Trinajstić information content (AvgIpc) is 1.69. The van der Waals surface area contributed by atoms with Gasteiger partial charge in [-0.3, -0.25) is 0 Å². The summed E-state index contributed by atoms with van der Waals surface area (Å²) in [7, 11) is 0. The Kier molecular flexibility index (Phi) is 5.69. The first-order valence-electron chi connectivity index (χ1n) is 2.71. The third-order valence-electron chi connectivity index (χ3n) is 0.707. The van der Waals surface area contributed by atoms with Crippen LogP contribution in [-0.2, 0) is 0 Å². The zero-order chi connectivity index (χ0) is 5.54. The van der Waals surface area contributed by atoms with Crippen LogP contribution in [0.4, 0.5) is 0 Å². The molecule has 0 aromatic carbocycles. The largest absolute Gasteiger partial charge is 0.313 e. The first-order valence-corrected chi connectivity index (χ1v) is 2.71. The third kappa shape index (κ3) is 5.83. The zero-order valence-electron chi connectivity index (χ0n) is 4.74. The van der Waals surface area contributed by atoms with Crippen LogP contribution in [0, 0.1) is 13.8 Å². The van der Waals surface area contributed by atoms with Gasteiger partial charge < -0.3 is 5.32 Å². The van der Waals surface area contributed by atoms with Crippen molar-refractivity contribution in [3.63, 3.8) is 0 Å². The van der Waals surface area contributed by atoms with E-state index in [1.165, 1.54) is 0 Å². The van der Waals surface area contributed by atoms with Crippen molar-refractivity contribution >= 4 is 0 Å². The number of rotatable bonds is 4. The SMILES string of the molecule is [CH2]CCNCC[CH2+]. The van der Waals surface area contributed by atoms with E-state index in [1.54, 1.807) is 0 Å². The van der Waals surface area contributed by atoms with Crippen LogP contribution < -0.4 is 5.32 Å². The molecule has 0 spiro atoms. The van der Waals surface area contributed by atoms with Gasteiger partial charge in [0.15, 0.2) is 0 Å². The highest BCUT2D eigenvalue weighted by Crippen LogP contribution is 1.70. The van der Waals surface area contributed by atoms with E-state index in [2.05, 4.69) is 19.2 Å². The first-order chi connectivity index (χ1) is 3.41. The van der Waals surface area contributed by atoms with E-state index in [0.29, 0.717) is 0 Å². The molecule has 1 radical (unpaired) electrons. The molecule has 0 aromatic rings. The van der Waals surface area contributed by atoms with Gasteiger partial charge in [-0.2, -0.15) is 0 Å². The van der Waals surface area contributed by atoms with E-state index in [1.807, 2.05) is 0 Å². The third-order valence-corrected chi connectivity index (χ3v) is 0.707. The van der Waals surface area contributed by atoms with E-state index < -0.39 is 0 Å². The van der Waals surface area contributed by atoms with Crippen molar-refractivity contribution in [2.45, 2.75) is 12.8 Å². The molecular weight excluding hydrogens is 86.1 g/mol. The standard InChI is InChI=1S/C6H13N/c1-3-5-7-6-4-2/h7H,1-6H2/q+1. The van der Waals surface area contributed by atoms with Crippen molar-refractivity contribution < 1.29 is 0 Å². The summed E-state index contributed by atoms with van der Waals surface area (Å²) >= 11 is 0. The molecule has 0 unspecified atom stereocenters. The van der Waals surface area contributed by atoms with Gasteiger partial charge in [0.1, 0.15) is 0 Å². The Morgan fingerprint density at radius 2 is 2.14 bits per heavy atom. The normalized spacial score (nSPS) is 9.29. The Hall–Kier alpha value is -0.170. The van der Waals surface area contributed by atoms with Crippen LogP contribution in [0.5, 0.6) is 0 Å². The predicted molar refractivity (Wildman–Crippen MR) is 32.8 cm³/mol. The van der Waals surface area contributed by atoms with E-state index in [-0.39, 0.29) is 0 Å². The van der Waals surface area contributed by atoms with Gasteiger partial charge in [0.25, 0.3) is 0 Å². The minimum atomic E-state index is 0.972. The van der Waals surface area contributed by atoms with Crippen LogP contribution in [0.15, 0.2) is 0 Å². The van der Waals surface area contributed by atoms with E-state index >= 15 is 0 Å². The maximum atomic E-state index is 3.67. The molecule has 0 aliphatic carbocycles. The van der Waals surface area contributed by atoms with Gasteiger partial charge in [-0.15, -0.1) is 0 Å². The molecule has 7 heavy (non-hydrogen) atoms. The van der Waals surface area contributed by atoms with Crippen LogP contribution >= 0.6 is 0 Å².